The fraction of sp³-hybridized carbons (Fsp3) is 0.529. The van der Waals surface area contributed by atoms with Gasteiger partial charge in [0.25, 0.3) is 0 Å². The molecule has 26 heavy (non-hydrogen) atoms. The van der Waals surface area contributed by atoms with Gasteiger partial charge in [0.2, 0.25) is 17.4 Å². The summed E-state index contributed by atoms with van der Waals surface area (Å²) in [5.41, 5.74) is -0.602. The second-order valence-electron chi connectivity index (χ2n) is 6.51. The summed E-state index contributed by atoms with van der Waals surface area (Å²) in [6.45, 7) is 5.51. The maximum absolute atomic E-state index is 13.4. The highest BCUT2D eigenvalue weighted by Gasteiger charge is 2.22. The Hall–Kier alpha value is -2.32. The lowest BCUT2D eigenvalue weighted by Crippen LogP contribution is -2.33. The van der Waals surface area contributed by atoms with E-state index in [9.17, 15) is 27.2 Å². The molecule has 1 N–H and O–H groups in total. The summed E-state index contributed by atoms with van der Waals surface area (Å²) in [6, 6.07) is 0.0275. The van der Waals surface area contributed by atoms with Crippen molar-refractivity contribution in [2.75, 3.05) is 6.54 Å². The van der Waals surface area contributed by atoms with Gasteiger partial charge in [0.1, 0.15) is 5.60 Å². The van der Waals surface area contributed by atoms with Crippen LogP contribution in [0, 0.1) is 23.3 Å². The fourth-order valence-corrected chi connectivity index (χ4v) is 1.88. The van der Waals surface area contributed by atoms with E-state index in [0.717, 1.165) is 0 Å². The molecule has 1 aromatic carbocycles. The highest BCUT2D eigenvalue weighted by Crippen LogP contribution is 2.26. The van der Waals surface area contributed by atoms with Crippen molar-refractivity contribution in [3.8, 4) is 5.75 Å². The van der Waals surface area contributed by atoms with Crippen molar-refractivity contribution in [3.05, 3.63) is 29.3 Å². The second kappa shape index (κ2) is 9.40. The van der Waals surface area contributed by atoms with E-state index in [1.54, 1.807) is 20.8 Å². The standard InChI is InChI=1S/C17H21F4NO4/c1-17(2,3)26-16(24)22-8-6-4-5-7-12(23)25-15-13(20)10(18)9-11(19)14(15)21/h9H,4-8H2,1-3H3,(H,22,24). The molecule has 0 aliphatic heterocycles. The number of nitrogens with one attached hydrogen (secondary N) is 1. The summed E-state index contributed by atoms with van der Waals surface area (Å²) in [4.78, 5) is 22.9. The number of hydrogen-bond donors (Lipinski definition) is 1. The minimum absolute atomic E-state index is 0.0275. The van der Waals surface area contributed by atoms with Crippen LogP contribution in [0.15, 0.2) is 6.07 Å². The number of carbonyl (C=O) groups excluding carboxylic acids is 2. The van der Waals surface area contributed by atoms with E-state index >= 15 is 0 Å². The Morgan fingerprint density at radius 3 is 2.12 bits per heavy atom. The Labute approximate surface area is 148 Å². The van der Waals surface area contributed by atoms with Crippen LogP contribution in [0.3, 0.4) is 0 Å². The van der Waals surface area contributed by atoms with E-state index in [2.05, 4.69) is 10.1 Å². The number of unbranched alkanes of at least 4 members (excludes halogenated alkanes) is 2. The number of rotatable bonds is 7. The van der Waals surface area contributed by atoms with Gasteiger partial charge in [-0.05, 0) is 33.6 Å². The van der Waals surface area contributed by atoms with E-state index in [-0.39, 0.29) is 12.5 Å². The Morgan fingerprint density at radius 2 is 1.58 bits per heavy atom. The van der Waals surface area contributed by atoms with Crippen molar-refractivity contribution in [2.24, 2.45) is 0 Å². The average Bonchev–Trinajstić information content (AvgIpc) is 2.51. The van der Waals surface area contributed by atoms with Crippen LogP contribution in [0.1, 0.15) is 46.5 Å². The normalized spacial score (nSPS) is 11.2. The molecule has 0 saturated heterocycles. The highest BCUT2D eigenvalue weighted by molar-refractivity contribution is 5.72. The van der Waals surface area contributed by atoms with Gasteiger partial charge in [0.15, 0.2) is 11.6 Å². The van der Waals surface area contributed by atoms with Gasteiger partial charge < -0.3 is 14.8 Å². The van der Waals surface area contributed by atoms with Gasteiger partial charge in [-0.1, -0.05) is 6.42 Å². The summed E-state index contributed by atoms with van der Waals surface area (Å²) in [6.07, 6.45) is 0.576. The topological polar surface area (TPSA) is 64.6 Å². The molecule has 1 rings (SSSR count). The summed E-state index contributed by atoms with van der Waals surface area (Å²) >= 11 is 0. The third-order valence-corrected chi connectivity index (χ3v) is 3.01. The van der Waals surface area contributed by atoms with Crippen LogP contribution in [0.25, 0.3) is 0 Å². The molecule has 0 fully saturated rings. The van der Waals surface area contributed by atoms with Gasteiger partial charge >= 0.3 is 12.1 Å². The number of esters is 1. The molecule has 0 heterocycles. The molecule has 0 atom stereocenters. The SMILES string of the molecule is CC(C)(C)OC(=O)NCCCCCC(=O)Oc1c(F)c(F)cc(F)c1F. The lowest BCUT2D eigenvalue weighted by atomic mass is 10.2. The molecule has 5 nitrogen and oxygen atoms in total. The average molecular weight is 379 g/mol. The Kier molecular flexibility index (Phi) is 7.85. The monoisotopic (exact) mass is 379 g/mol. The zero-order valence-corrected chi connectivity index (χ0v) is 14.8. The van der Waals surface area contributed by atoms with Gasteiger partial charge in [-0.3, -0.25) is 4.79 Å². The van der Waals surface area contributed by atoms with Gasteiger partial charge in [-0.2, -0.15) is 8.78 Å². The molecule has 9 heteroatoms. The van der Waals surface area contributed by atoms with Crippen LogP contribution >= 0.6 is 0 Å². The van der Waals surface area contributed by atoms with Gasteiger partial charge in [-0.15, -0.1) is 0 Å². The molecule has 1 aromatic rings. The van der Waals surface area contributed by atoms with Gasteiger partial charge in [0.05, 0.1) is 0 Å². The first-order chi connectivity index (χ1) is 12.0. The maximum atomic E-state index is 13.4. The number of ether oxygens (including phenoxy) is 2. The maximum Gasteiger partial charge on any atom is 0.407 e. The largest absolute Gasteiger partial charge is 0.444 e. The first kappa shape index (κ1) is 21.7. The summed E-state index contributed by atoms with van der Waals surface area (Å²) in [7, 11) is 0. The van der Waals surface area contributed by atoms with Crippen LogP contribution in [-0.2, 0) is 9.53 Å². The molecule has 0 bridgehead atoms. The predicted molar refractivity (Wildman–Crippen MR) is 84.6 cm³/mol. The third kappa shape index (κ3) is 7.28. The lowest BCUT2D eigenvalue weighted by Gasteiger charge is -2.19. The Balaban J connectivity index is 2.31. The number of hydrogen-bond acceptors (Lipinski definition) is 4. The molecule has 0 aromatic heterocycles. The van der Waals surface area contributed by atoms with Crippen molar-refractivity contribution in [1.29, 1.82) is 0 Å². The Morgan fingerprint density at radius 1 is 1.00 bits per heavy atom. The molecule has 0 aliphatic rings. The van der Waals surface area contributed by atoms with Gasteiger partial charge in [0, 0.05) is 19.0 Å². The first-order valence-corrected chi connectivity index (χ1v) is 8.02. The molecular formula is C17H21F4NO4. The molecule has 0 spiro atoms. The van der Waals surface area contributed by atoms with Gasteiger partial charge in [-0.25, -0.2) is 13.6 Å². The quantitative estimate of drug-likeness (QED) is 0.253. The van der Waals surface area contributed by atoms with Crippen molar-refractivity contribution in [3.63, 3.8) is 0 Å². The number of benzene rings is 1. The van der Waals surface area contributed by atoms with Crippen molar-refractivity contribution in [2.45, 2.75) is 52.1 Å². The highest BCUT2D eigenvalue weighted by atomic mass is 19.2. The van der Waals surface area contributed by atoms with Crippen molar-refractivity contribution < 1.29 is 36.6 Å². The molecule has 0 saturated carbocycles. The molecule has 0 unspecified atom stereocenters. The van der Waals surface area contributed by atoms with Crippen LogP contribution in [-0.4, -0.2) is 24.2 Å². The number of amides is 1. The minimum Gasteiger partial charge on any atom is -0.444 e. The van der Waals surface area contributed by atoms with E-state index in [1.807, 2.05) is 0 Å². The van der Waals surface area contributed by atoms with E-state index in [1.165, 1.54) is 0 Å². The smallest absolute Gasteiger partial charge is 0.407 e. The molecular weight excluding hydrogens is 358 g/mol. The van der Waals surface area contributed by atoms with E-state index in [4.69, 9.17) is 4.74 Å². The van der Waals surface area contributed by atoms with E-state index < -0.39 is 46.7 Å². The zero-order valence-electron chi connectivity index (χ0n) is 14.8. The van der Waals surface area contributed by atoms with Crippen LogP contribution in [0.5, 0.6) is 5.75 Å². The van der Waals surface area contributed by atoms with Crippen LogP contribution < -0.4 is 10.1 Å². The molecule has 1 amide bonds. The fourth-order valence-electron chi connectivity index (χ4n) is 1.88. The Bertz CT molecular complexity index is 633. The third-order valence-electron chi connectivity index (χ3n) is 3.01. The minimum atomic E-state index is -1.76. The van der Waals surface area contributed by atoms with Crippen LogP contribution in [0.2, 0.25) is 0 Å². The van der Waals surface area contributed by atoms with Crippen LogP contribution in [0.4, 0.5) is 22.4 Å². The number of alkyl carbamates (subject to hydrolysis) is 1. The number of carbonyl (C=O) groups is 2. The summed E-state index contributed by atoms with van der Waals surface area (Å²) in [5, 5.41) is 2.53. The molecule has 0 aliphatic carbocycles. The molecule has 0 radical (unpaired) electrons. The molecule has 146 valence electrons. The van der Waals surface area contributed by atoms with Crippen molar-refractivity contribution in [1.82, 2.24) is 5.32 Å². The summed E-state index contributed by atoms with van der Waals surface area (Å²) < 4.78 is 62.2. The van der Waals surface area contributed by atoms with E-state index in [0.29, 0.717) is 25.8 Å². The second-order valence-corrected chi connectivity index (χ2v) is 6.51. The predicted octanol–water partition coefficient (Wildman–Crippen LogP) is 4.23. The van der Waals surface area contributed by atoms with Crippen molar-refractivity contribution >= 4 is 12.1 Å². The first-order valence-electron chi connectivity index (χ1n) is 8.02. The summed E-state index contributed by atoms with van der Waals surface area (Å²) in [5.74, 6) is -9.25. The number of halogens is 4. The zero-order chi connectivity index (χ0) is 19.9. The lowest BCUT2D eigenvalue weighted by molar-refractivity contribution is -0.135.